The van der Waals surface area contributed by atoms with Gasteiger partial charge in [-0.15, -0.1) is 0 Å². The Labute approximate surface area is 113 Å². The number of carbonyl (C=O) groups excluding carboxylic acids is 1. The summed E-state index contributed by atoms with van der Waals surface area (Å²) in [5.41, 5.74) is 2.39. The molecule has 1 fully saturated rings. The zero-order valence-electron chi connectivity index (χ0n) is 11.0. The van der Waals surface area contributed by atoms with Crippen molar-refractivity contribution in [3.8, 4) is 0 Å². The predicted molar refractivity (Wildman–Crippen MR) is 72.7 cm³/mol. The van der Waals surface area contributed by atoms with Crippen molar-refractivity contribution in [2.75, 3.05) is 19.6 Å². The summed E-state index contributed by atoms with van der Waals surface area (Å²) in [6, 6.07) is 7.97. The fourth-order valence-corrected chi connectivity index (χ4v) is 2.99. The molecule has 102 valence electrons. The molecule has 3 rings (SSSR count). The number of hydrogen-bond donors (Lipinski definition) is 2. The molecule has 0 aliphatic carbocycles. The van der Waals surface area contributed by atoms with Gasteiger partial charge in [-0.05, 0) is 30.4 Å². The Kier molecular flexibility index (Phi) is 3.53. The number of fused-ring (bicyclic) bond motifs is 1. The topological polar surface area (TPSA) is 52.6 Å². The minimum atomic E-state index is -0.240. The van der Waals surface area contributed by atoms with E-state index in [1.165, 1.54) is 5.56 Å². The molecule has 0 bridgehead atoms. The quantitative estimate of drug-likeness (QED) is 0.787. The molecule has 1 atom stereocenters. The monoisotopic (exact) mass is 260 g/mol. The molecule has 0 radical (unpaired) electrons. The molecule has 1 amide bonds. The Hall–Kier alpha value is -1.39. The van der Waals surface area contributed by atoms with Crippen molar-refractivity contribution in [3.63, 3.8) is 0 Å². The number of piperidine rings is 1. The summed E-state index contributed by atoms with van der Waals surface area (Å²) in [5.74, 6) is 0.152. The first-order chi connectivity index (χ1) is 9.25. The number of amides is 1. The highest BCUT2D eigenvalue weighted by atomic mass is 16.3. The molecular formula is C15H20N2O2. The first-order valence-electron chi connectivity index (χ1n) is 7.04. The van der Waals surface area contributed by atoms with Crippen LogP contribution in [0.2, 0.25) is 0 Å². The van der Waals surface area contributed by atoms with E-state index in [-0.39, 0.29) is 18.1 Å². The van der Waals surface area contributed by atoms with Crippen LogP contribution in [-0.2, 0) is 11.2 Å². The van der Waals surface area contributed by atoms with Crippen LogP contribution in [-0.4, -0.2) is 41.7 Å². The van der Waals surface area contributed by atoms with Gasteiger partial charge in [0.25, 0.3) is 0 Å². The SMILES string of the molecule is O=C([C@H]1NCCc2ccccc21)N1CCC(O)CC1. The van der Waals surface area contributed by atoms with E-state index in [1.807, 2.05) is 23.1 Å². The number of carbonyl (C=O) groups is 1. The minimum absolute atomic E-state index is 0.152. The molecule has 2 aliphatic heterocycles. The number of likely N-dealkylation sites (tertiary alicyclic amines) is 1. The van der Waals surface area contributed by atoms with E-state index in [4.69, 9.17) is 0 Å². The summed E-state index contributed by atoms with van der Waals surface area (Å²) < 4.78 is 0. The molecule has 1 saturated heterocycles. The van der Waals surface area contributed by atoms with Gasteiger partial charge < -0.3 is 15.3 Å². The number of rotatable bonds is 1. The predicted octanol–water partition coefficient (Wildman–Crippen LogP) is 0.857. The third-order valence-electron chi connectivity index (χ3n) is 4.13. The highest BCUT2D eigenvalue weighted by Crippen LogP contribution is 2.25. The van der Waals surface area contributed by atoms with Crippen molar-refractivity contribution in [3.05, 3.63) is 35.4 Å². The highest BCUT2D eigenvalue weighted by molar-refractivity contribution is 5.84. The van der Waals surface area contributed by atoms with Crippen LogP contribution in [0.3, 0.4) is 0 Å². The Morgan fingerprint density at radius 3 is 2.79 bits per heavy atom. The summed E-state index contributed by atoms with van der Waals surface area (Å²) in [6.07, 6.45) is 2.13. The molecule has 0 spiro atoms. The Morgan fingerprint density at radius 1 is 1.26 bits per heavy atom. The third-order valence-corrected chi connectivity index (χ3v) is 4.13. The standard InChI is InChI=1S/C15H20N2O2/c18-12-6-9-17(10-7-12)15(19)14-13-4-2-1-3-11(13)5-8-16-14/h1-4,12,14,16,18H,5-10H2/t14-/m0/s1. The van der Waals surface area contributed by atoms with Crippen LogP contribution in [0.25, 0.3) is 0 Å². The number of nitrogens with zero attached hydrogens (tertiary/aromatic N) is 1. The number of nitrogens with one attached hydrogen (secondary N) is 1. The highest BCUT2D eigenvalue weighted by Gasteiger charge is 2.31. The largest absolute Gasteiger partial charge is 0.393 e. The van der Waals surface area contributed by atoms with Crippen molar-refractivity contribution in [1.82, 2.24) is 10.2 Å². The Bertz CT molecular complexity index is 467. The van der Waals surface area contributed by atoms with Crippen LogP contribution in [0, 0.1) is 0 Å². The van der Waals surface area contributed by atoms with Crippen molar-refractivity contribution >= 4 is 5.91 Å². The van der Waals surface area contributed by atoms with Gasteiger partial charge in [-0.2, -0.15) is 0 Å². The van der Waals surface area contributed by atoms with Crippen LogP contribution in [0.5, 0.6) is 0 Å². The summed E-state index contributed by atoms with van der Waals surface area (Å²) >= 11 is 0. The van der Waals surface area contributed by atoms with Crippen molar-refractivity contribution in [1.29, 1.82) is 0 Å². The fraction of sp³-hybridized carbons (Fsp3) is 0.533. The smallest absolute Gasteiger partial charge is 0.244 e. The Balaban J connectivity index is 1.78. The van der Waals surface area contributed by atoms with Crippen LogP contribution in [0.1, 0.15) is 30.0 Å². The lowest BCUT2D eigenvalue weighted by Crippen LogP contribution is -2.47. The lowest BCUT2D eigenvalue weighted by Gasteiger charge is -2.34. The van der Waals surface area contributed by atoms with E-state index < -0.39 is 0 Å². The molecular weight excluding hydrogens is 240 g/mol. The van der Waals surface area contributed by atoms with Crippen molar-refractivity contribution in [2.45, 2.75) is 31.4 Å². The molecule has 1 aromatic rings. The zero-order valence-corrected chi connectivity index (χ0v) is 11.0. The second-order valence-electron chi connectivity index (χ2n) is 5.39. The van der Waals surface area contributed by atoms with E-state index in [9.17, 15) is 9.90 Å². The van der Waals surface area contributed by atoms with Gasteiger partial charge in [0.05, 0.1) is 6.10 Å². The first-order valence-corrected chi connectivity index (χ1v) is 7.04. The first kappa shape index (κ1) is 12.6. The van der Waals surface area contributed by atoms with Crippen molar-refractivity contribution < 1.29 is 9.90 Å². The molecule has 0 aromatic heterocycles. The summed E-state index contributed by atoms with van der Waals surface area (Å²) in [6.45, 7) is 2.19. The van der Waals surface area contributed by atoms with Gasteiger partial charge in [-0.3, -0.25) is 4.79 Å². The number of aliphatic hydroxyl groups excluding tert-OH is 1. The van der Waals surface area contributed by atoms with E-state index in [0.717, 1.165) is 18.5 Å². The lowest BCUT2D eigenvalue weighted by atomic mass is 9.93. The fourth-order valence-electron chi connectivity index (χ4n) is 2.99. The summed E-state index contributed by atoms with van der Waals surface area (Å²) in [7, 11) is 0. The molecule has 2 aliphatic rings. The van der Waals surface area contributed by atoms with Gasteiger partial charge in [-0.25, -0.2) is 0 Å². The summed E-state index contributed by atoms with van der Waals surface area (Å²) in [4.78, 5) is 14.5. The number of aliphatic hydroxyl groups is 1. The zero-order chi connectivity index (χ0) is 13.2. The molecule has 4 nitrogen and oxygen atoms in total. The lowest BCUT2D eigenvalue weighted by molar-refractivity contribution is -0.135. The third kappa shape index (κ3) is 2.51. The normalized spacial score (nSPS) is 24.1. The van der Waals surface area contributed by atoms with Gasteiger partial charge in [-0.1, -0.05) is 24.3 Å². The molecule has 19 heavy (non-hydrogen) atoms. The van der Waals surface area contributed by atoms with Gasteiger partial charge >= 0.3 is 0 Å². The molecule has 0 unspecified atom stereocenters. The molecule has 4 heteroatoms. The van der Waals surface area contributed by atoms with Crippen LogP contribution < -0.4 is 5.32 Å². The molecule has 1 aromatic carbocycles. The summed E-state index contributed by atoms with van der Waals surface area (Å²) in [5, 5.41) is 12.9. The Morgan fingerprint density at radius 2 is 2.00 bits per heavy atom. The van der Waals surface area contributed by atoms with Gasteiger partial charge in [0.1, 0.15) is 6.04 Å². The minimum Gasteiger partial charge on any atom is -0.393 e. The van der Waals surface area contributed by atoms with Crippen molar-refractivity contribution in [2.24, 2.45) is 0 Å². The second kappa shape index (κ2) is 5.31. The maximum absolute atomic E-state index is 12.6. The van der Waals surface area contributed by atoms with Gasteiger partial charge in [0.15, 0.2) is 0 Å². The molecule has 0 saturated carbocycles. The van der Waals surface area contributed by atoms with Gasteiger partial charge in [0.2, 0.25) is 5.91 Å². The van der Waals surface area contributed by atoms with Crippen LogP contribution in [0.4, 0.5) is 0 Å². The van der Waals surface area contributed by atoms with E-state index in [2.05, 4.69) is 11.4 Å². The van der Waals surface area contributed by atoms with Crippen LogP contribution >= 0.6 is 0 Å². The number of benzene rings is 1. The number of hydrogen-bond acceptors (Lipinski definition) is 3. The molecule has 2 N–H and O–H groups in total. The average Bonchev–Trinajstić information content (AvgIpc) is 2.47. The van der Waals surface area contributed by atoms with Gasteiger partial charge in [0, 0.05) is 19.6 Å². The second-order valence-corrected chi connectivity index (χ2v) is 5.39. The van der Waals surface area contributed by atoms with Crippen LogP contribution in [0.15, 0.2) is 24.3 Å². The maximum atomic E-state index is 12.6. The maximum Gasteiger partial charge on any atom is 0.244 e. The van der Waals surface area contributed by atoms with E-state index >= 15 is 0 Å². The molecule has 2 heterocycles. The average molecular weight is 260 g/mol. The van der Waals surface area contributed by atoms with E-state index in [1.54, 1.807) is 0 Å². The van der Waals surface area contributed by atoms with E-state index in [0.29, 0.717) is 25.9 Å².